The molecule has 8 heteroatoms. The first-order chi connectivity index (χ1) is 12.5. The number of thioether (sulfide) groups is 1. The third kappa shape index (κ3) is 4.11. The van der Waals surface area contributed by atoms with Crippen LogP contribution in [0.5, 0.6) is 0 Å². The molecule has 0 atom stereocenters. The monoisotopic (exact) mass is 407 g/mol. The molecule has 1 N–H and O–H groups in total. The summed E-state index contributed by atoms with van der Waals surface area (Å²) in [5, 5.41) is 5.72. The van der Waals surface area contributed by atoms with E-state index in [1.165, 1.54) is 23.1 Å². The number of nitrogens with one attached hydrogen (secondary N) is 1. The Balaban J connectivity index is 1.77. The lowest BCUT2D eigenvalue weighted by atomic mass is 10.2. The summed E-state index contributed by atoms with van der Waals surface area (Å²) < 4.78 is 2.30. The Labute approximate surface area is 164 Å². The second-order valence-electron chi connectivity index (χ2n) is 5.81. The van der Waals surface area contributed by atoms with Crippen LogP contribution in [0, 0.1) is 6.92 Å². The molecule has 3 aromatic rings. The molecule has 0 aliphatic rings. The average molecular weight is 408 g/mol. The number of rotatable bonds is 6. The van der Waals surface area contributed by atoms with Crippen molar-refractivity contribution < 1.29 is 4.79 Å². The molecule has 3 rings (SSSR count). The van der Waals surface area contributed by atoms with E-state index in [0.29, 0.717) is 32.6 Å². The van der Waals surface area contributed by atoms with Crippen LogP contribution < -0.4 is 10.9 Å². The van der Waals surface area contributed by atoms with Crippen molar-refractivity contribution in [3.8, 4) is 0 Å². The Morgan fingerprint density at radius 3 is 2.92 bits per heavy atom. The summed E-state index contributed by atoms with van der Waals surface area (Å²) in [6.45, 7) is 4.52. The largest absolute Gasteiger partial charge is 0.324 e. The molecule has 0 saturated carbocycles. The van der Waals surface area contributed by atoms with Gasteiger partial charge in [-0.05, 0) is 42.5 Å². The van der Waals surface area contributed by atoms with E-state index in [0.717, 1.165) is 12.0 Å². The number of hydrogen-bond donors (Lipinski definition) is 1. The van der Waals surface area contributed by atoms with Crippen molar-refractivity contribution in [2.45, 2.75) is 32.0 Å². The number of nitrogens with zero attached hydrogens (tertiary/aromatic N) is 2. The van der Waals surface area contributed by atoms with Crippen LogP contribution in [-0.4, -0.2) is 21.2 Å². The van der Waals surface area contributed by atoms with Gasteiger partial charge in [0.05, 0.1) is 22.0 Å². The van der Waals surface area contributed by atoms with Gasteiger partial charge < -0.3 is 5.32 Å². The van der Waals surface area contributed by atoms with Crippen molar-refractivity contribution in [2.75, 3.05) is 11.1 Å². The maximum absolute atomic E-state index is 12.6. The molecule has 0 aliphatic carbocycles. The summed E-state index contributed by atoms with van der Waals surface area (Å²) in [7, 11) is 0. The second-order valence-corrected chi connectivity index (χ2v) is 8.07. The number of aromatic nitrogens is 2. The fraction of sp³-hybridized carbons (Fsp3) is 0.278. The Kier molecular flexibility index (Phi) is 6.01. The Hall–Kier alpha value is -1.83. The number of thiophene rings is 1. The van der Waals surface area contributed by atoms with E-state index in [4.69, 9.17) is 11.6 Å². The van der Waals surface area contributed by atoms with Crippen LogP contribution in [0.15, 0.2) is 39.6 Å². The molecule has 1 aromatic carbocycles. The number of hydrogen-bond acceptors (Lipinski definition) is 5. The number of fused-ring (bicyclic) bond motifs is 1. The number of carbonyl (C=O) groups is 1. The topological polar surface area (TPSA) is 64.0 Å². The highest BCUT2D eigenvalue weighted by molar-refractivity contribution is 7.99. The molecule has 5 nitrogen and oxygen atoms in total. The van der Waals surface area contributed by atoms with Crippen LogP contribution in [0.3, 0.4) is 0 Å². The lowest BCUT2D eigenvalue weighted by molar-refractivity contribution is -0.113. The molecule has 0 unspecified atom stereocenters. The first kappa shape index (κ1) is 18.9. The zero-order chi connectivity index (χ0) is 18.7. The summed E-state index contributed by atoms with van der Waals surface area (Å²) in [4.78, 5) is 29.5. The van der Waals surface area contributed by atoms with Gasteiger partial charge in [-0.25, -0.2) is 4.98 Å². The van der Waals surface area contributed by atoms with Crippen molar-refractivity contribution in [1.29, 1.82) is 0 Å². The molecule has 1 amide bonds. The van der Waals surface area contributed by atoms with E-state index in [1.54, 1.807) is 16.7 Å². The molecule has 0 aliphatic heterocycles. The highest BCUT2D eigenvalue weighted by Gasteiger charge is 2.14. The highest BCUT2D eigenvalue weighted by Crippen LogP contribution is 2.24. The first-order valence-corrected chi connectivity index (χ1v) is 10.4. The molecular formula is C18H18ClN3O2S2. The summed E-state index contributed by atoms with van der Waals surface area (Å²) in [6.07, 6.45) is 0.817. The SMILES string of the molecule is CCCn1c(SCC(=O)Nc2ccc(C)cc2Cl)nc2ccsc2c1=O. The van der Waals surface area contributed by atoms with Crippen molar-refractivity contribution in [2.24, 2.45) is 0 Å². The van der Waals surface area contributed by atoms with Crippen molar-refractivity contribution in [1.82, 2.24) is 9.55 Å². The van der Waals surface area contributed by atoms with E-state index in [2.05, 4.69) is 10.3 Å². The van der Waals surface area contributed by atoms with Gasteiger partial charge in [0.25, 0.3) is 5.56 Å². The Bertz CT molecular complexity index is 1010. The fourth-order valence-electron chi connectivity index (χ4n) is 2.49. The predicted molar refractivity (Wildman–Crippen MR) is 110 cm³/mol. The molecule has 2 heterocycles. The van der Waals surface area contributed by atoms with Gasteiger partial charge >= 0.3 is 0 Å². The first-order valence-electron chi connectivity index (χ1n) is 8.16. The molecule has 136 valence electrons. The minimum atomic E-state index is -0.191. The molecule has 0 bridgehead atoms. The average Bonchev–Trinajstić information content (AvgIpc) is 3.07. The van der Waals surface area contributed by atoms with Gasteiger partial charge in [-0.15, -0.1) is 11.3 Å². The van der Waals surface area contributed by atoms with Crippen LogP contribution in [0.4, 0.5) is 5.69 Å². The lowest BCUT2D eigenvalue weighted by Crippen LogP contribution is -2.23. The standard InChI is InChI=1S/C18H18ClN3O2S2/c1-3-7-22-17(24)16-14(6-8-25-16)21-18(22)26-10-15(23)20-13-5-4-11(2)9-12(13)19/h4-6,8-9H,3,7,10H2,1-2H3,(H,20,23). The Morgan fingerprint density at radius 2 is 2.19 bits per heavy atom. The van der Waals surface area contributed by atoms with Crippen LogP contribution in [0.1, 0.15) is 18.9 Å². The fourth-order valence-corrected chi connectivity index (χ4v) is 4.38. The molecule has 26 heavy (non-hydrogen) atoms. The summed E-state index contributed by atoms with van der Waals surface area (Å²) in [5.41, 5.74) is 2.24. The van der Waals surface area contributed by atoms with E-state index in [-0.39, 0.29) is 17.2 Å². The van der Waals surface area contributed by atoms with E-state index >= 15 is 0 Å². The second kappa shape index (κ2) is 8.24. The number of halogens is 1. The van der Waals surface area contributed by atoms with Gasteiger partial charge in [-0.1, -0.05) is 36.4 Å². The van der Waals surface area contributed by atoms with Crippen molar-refractivity contribution in [3.63, 3.8) is 0 Å². The van der Waals surface area contributed by atoms with Crippen molar-refractivity contribution in [3.05, 3.63) is 50.6 Å². The van der Waals surface area contributed by atoms with Crippen LogP contribution in [0.2, 0.25) is 5.02 Å². The molecule has 0 radical (unpaired) electrons. The highest BCUT2D eigenvalue weighted by atomic mass is 35.5. The van der Waals surface area contributed by atoms with Gasteiger partial charge in [0.2, 0.25) is 5.91 Å². The lowest BCUT2D eigenvalue weighted by Gasteiger charge is -2.11. The van der Waals surface area contributed by atoms with Gasteiger partial charge in [-0.3, -0.25) is 14.2 Å². The predicted octanol–water partition coefficient (Wildman–Crippen LogP) is 4.56. The van der Waals surface area contributed by atoms with Gasteiger partial charge in [0.15, 0.2) is 5.16 Å². The normalized spacial score (nSPS) is 11.0. The number of aryl methyl sites for hydroxylation is 1. The number of benzene rings is 1. The number of carbonyl (C=O) groups excluding carboxylic acids is 1. The van der Waals surface area contributed by atoms with Gasteiger partial charge in [0.1, 0.15) is 4.70 Å². The molecular weight excluding hydrogens is 390 g/mol. The van der Waals surface area contributed by atoms with Crippen LogP contribution in [0.25, 0.3) is 10.2 Å². The summed E-state index contributed by atoms with van der Waals surface area (Å²) in [5.74, 6) is -0.0424. The smallest absolute Gasteiger partial charge is 0.272 e. The maximum Gasteiger partial charge on any atom is 0.272 e. The minimum Gasteiger partial charge on any atom is -0.324 e. The minimum absolute atomic E-state index is 0.0451. The van der Waals surface area contributed by atoms with E-state index in [9.17, 15) is 9.59 Å². The van der Waals surface area contributed by atoms with Crippen LogP contribution in [-0.2, 0) is 11.3 Å². The van der Waals surface area contributed by atoms with Gasteiger partial charge in [0, 0.05) is 6.54 Å². The van der Waals surface area contributed by atoms with E-state index in [1.807, 2.05) is 31.4 Å². The summed E-state index contributed by atoms with van der Waals surface area (Å²) in [6, 6.07) is 7.30. The third-order valence-corrected chi connectivity index (χ3v) is 5.89. The van der Waals surface area contributed by atoms with Crippen LogP contribution >= 0.6 is 34.7 Å². The number of amides is 1. The van der Waals surface area contributed by atoms with Gasteiger partial charge in [-0.2, -0.15) is 0 Å². The Morgan fingerprint density at radius 1 is 1.38 bits per heavy atom. The summed E-state index contributed by atoms with van der Waals surface area (Å²) >= 11 is 8.80. The molecule has 0 spiro atoms. The number of anilines is 1. The van der Waals surface area contributed by atoms with E-state index < -0.39 is 0 Å². The van der Waals surface area contributed by atoms with Crippen molar-refractivity contribution >= 4 is 56.5 Å². The maximum atomic E-state index is 12.6. The molecule has 2 aromatic heterocycles. The quantitative estimate of drug-likeness (QED) is 0.480. The zero-order valence-corrected chi connectivity index (χ0v) is 16.8. The molecule has 0 saturated heterocycles. The molecule has 0 fully saturated rings. The third-order valence-electron chi connectivity index (χ3n) is 3.71. The zero-order valence-electron chi connectivity index (χ0n) is 14.4.